The first-order valence-electron chi connectivity index (χ1n) is 18.1. The third-order valence-corrected chi connectivity index (χ3v) is 11.5. The number of rotatable bonds is 4. The monoisotopic (exact) mass is 650 g/mol. The standard InChI is InChI=1S/C49H34N2/c1-2-11-46-50-44-18-9-10-19-45(44)51(46)35-25-20-31(21-26-35)33-22-27-37-34(30-33)23-28-40-47-36-13-4-3-12-32(36)24-29-43(47)49(48(37)40)41-16-7-5-14-38(41)39-15-6-8-17-42(39)49/h3-10,12-30H,2,11H2,1H3. The van der Waals surface area contributed by atoms with Crippen LogP contribution in [-0.2, 0) is 11.8 Å². The molecule has 0 amide bonds. The van der Waals surface area contributed by atoms with E-state index in [1.165, 1.54) is 77.2 Å². The Bertz CT molecular complexity index is 2830. The molecule has 0 atom stereocenters. The molecule has 51 heavy (non-hydrogen) atoms. The Labute approximate surface area is 297 Å². The minimum Gasteiger partial charge on any atom is -0.296 e. The molecule has 2 heteroatoms. The molecule has 0 saturated heterocycles. The summed E-state index contributed by atoms with van der Waals surface area (Å²) in [5.41, 5.74) is 16.3. The molecule has 0 fully saturated rings. The molecule has 8 aromatic carbocycles. The molecule has 0 radical (unpaired) electrons. The molecule has 2 aliphatic carbocycles. The highest BCUT2D eigenvalue weighted by molar-refractivity contribution is 6.11. The van der Waals surface area contributed by atoms with Gasteiger partial charge in [-0.25, -0.2) is 4.98 Å². The summed E-state index contributed by atoms with van der Waals surface area (Å²) in [4.78, 5) is 4.98. The number of fused-ring (bicyclic) bond motifs is 15. The van der Waals surface area contributed by atoms with Crippen LogP contribution >= 0.6 is 0 Å². The van der Waals surface area contributed by atoms with Crippen LogP contribution < -0.4 is 0 Å². The fourth-order valence-electron chi connectivity index (χ4n) is 9.48. The predicted molar refractivity (Wildman–Crippen MR) is 212 cm³/mol. The van der Waals surface area contributed by atoms with Crippen molar-refractivity contribution in [2.45, 2.75) is 25.2 Å². The van der Waals surface area contributed by atoms with Gasteiger partial charge in [-0.15, -0.1) is 0 Å². The van der Waals surface area contributed by atoms with Gasteiger partial charge in [-0.1, -0.05) is 140 Å². The van der Waals surface area contributed by atoms with Gasteiger partial charge in [0.25, 0.3) is 0 Å². The molecular formula is C49H34N2. The second kappa shape index (κ2) is 10.6. The molecule has 1 spiro atoms. The molecule has 2 aliphatic rings. The summed E-state index contributed by atoms with van der Waals surface area (Å²) >= 11 is 0. The first-order valence-corrected chi connectivity index (χ1v) is 18.1. The lowest BCUT2D eigenvalue weighted by Crippen LogP contribution is -2.26. The average molecular weight is 651 g/mol. The van der Waals surface area contributed by atoms with Crippen LogP contribution in [0.5, 0.6) is 0 Å². The van der Waals surface area contributed by atoms with Gasteiger partial charge in [0, 0.05) is 12.1 Å². The minimum absolute atomic E-state index is 0.395. The highest BCUT2D eigenvalue weighted by Gasteiger charge is 2.52. The van der Waals surface area contributed by atoms with E-state index in [-0.39, 0.29) is 0 Å². The van der Waals surface area contributed by atoms with Gasteiger partial charge in [0.2, 0.25) is 0 Å². The Morgan fingerprint density at radius 2 is 1.22 bits per heavy atom. The summed E-state index contributed by atoms with van der Waals surface area (Å²) in [6, 6.07) is 61.1. The van der Waals surface area contributed by atoms with E-state index in [1.54, 1.807) is 0 Å². The number of aromatic nitrogens is 2. The summed E-state index contributed by atoms with van der Waals surface area (Å²) in [5, 5.41) is 5.18. The number of hydrogen-bond donors (Lipinski definition) is 0. The number of imidazole rings is 1. The van der Waals surface area contributed by atoms with Crippen molar-refractivity contribution in [1.29, 1.82) is 0 Å². The largest absolute Gasteiger partial charge is 0.296 e. The lowest BCUT2D eigenvalue weighted by atomic mass is 9.69. The van der Waals surface area contributed by atoms with Gasteiger partial charge < -0.3 is 0 Å². The van der Waals surface area contributed by atoms with Crippen LogP contribution in [-0.4, -0.2) is 9.55 Å². The van der Waals surface area contributed by atoms with Gasteiger partial charge in [0.05, 0.1) is 16.4 Å². The highest BCUT2D eigenvalue weighted by atomic mass is 15.1. The predicted octanol–water partition coefficient (Wildman–Crippen LogP) is 12.3. The molecule has 0 unspecified atom stereocenters. The molecular weight excluding hydrogens is 617 g/mol. The molecule has 11 rings (SSSR count). The third-order valence-electron chi connectivity index (χ3n) is 11.5. The number of para-hydroxylation sites is 2. The Morgan fingerprint density at radius 3 is 2.02 bits per heavy atom. The molecule has 240 valence electrons. The van der Waals surface area contributed by atoms with Crippen molar-refractivity contribution in [3.8, 4) is 39.1 Å². The van der Waals surface area contributed by atoms with Crippen molar-refractivity contribution in [2.24, 2.45) is 0 Å². The van der Waals surface area contributed by atoms with Crippen LogP contribution in [0.2, 0.25) is 0 Å². The second-order valence-electron chi connectivity index (χ2n) is 14.1. The maximum atomic E-state index is 4.98. The number of nitrogens with zero attached hydrogens (tertiary/aromatic N) is 2. The molecule has 1 aromatic heterocycles. The summed E-state index contributed by atoms with van der Waals surface area (Å²) in [6.07, 6.45) is 2.00. The number of benzene rings is 8. The van der Waals surface area contributed by atoms with E-state index in [4.69, 9.17) is 4.98 Å². The zero-order valence-electron chi connectivity index (χ0n) is 28.4. The molecule has 0 saturated carbocycles. The molecule has 9 aromatic rings. The first kappa shape index (κ1) is 28.6. The summed E-state index contributed by atoms with van der Waals surface area (Å²) < 4.78 is 2.32. The fraction of sp³-hybridized carbons (Fsp3) is 0.0816. The topological polar surface area (TPSA) is 17.8 Å². The van der Waals surface area contributed by atoms with E-state index < -0.39 is 5.41 Å². The maximum Gasteiger partial charge on any atom is 0.114 e. The van der Waals surface area contributed by atoms with Crippen molar-refractivity contribution >= 4 is 32.6 Å². The molecule has 0 bridgehead atoms. The van der Waals surface area contributed by atoms with Crippen molar-refractivity contribution in [3.05, 3.63) is 192 Å². The summed E-state index contributed by atoms with van der Waals surface area (Å²) in [7, 11) is 0. The maximum absolute atomic E-state index is 4.98. The second-order valence-corrected chi connectivity index (χ2v) is 14.1. The lowest BCUT2D eigenvalue weighted by molar-refractivity contribution is 0.802. The zero-order chi connectivity index (χ0) is 33.7. The van der Waals surface area contributed by atoms with Crippen LogP contribution in [0.15, 0.2) is 164 Å². The Balaban J connectivity index is 1.12. The SMILES string of the molecule is CCCc1nc2ccccc2n1-c1ccc(-c2ccc3c4c(ccc3c2)-c2c(ccc3ccccc23)C42c3ccccc3-c3ccccc32)cc1. The highest BCUT2D eigenvalue weighted by Crippen LogP contribution is 2.65. The van der Waals surface area contributed by atoms with Crippen LogP contribution in [0.25, 0.3) is 71.6 Å². The average Bonchev–Trinajstić information content (AvgIpc) is 3.82. The van der Waals surface area contributed by atoms with E-state index in [1.807, 2.05) is 0 Å². The van der Waals surface area contributed by atoms with Gasteiger partial charge in [0.15, 0.2) is 0 Å². The Hall–Kier alpha value is -6.25. The van der Waals surface area contributed by atoms with Crippen molar-refractivity contribution in [3.63, 3.8) is 0 Å². The quantitative estimate of drug-likeness (QED) is 0.185. The number of hydrogen-bond acceptors (Lipinski definition) is 1. The van der Waals surface area contributed by atoms with Crippen molar-refractivity contribution < 1.29 is 0 Å². The van der Waals surface area contributed by atoms with E-state index in [0.29, 0.717) is 0 Å². The lowest BCUT2D eigenvalue weighted by Gasteiger charge is -2.31. The fourth-order valence-corrected chi connectivity index (χ4v) is 9.48. The van der Waals surface area contributed by atoms with E-state index in [2.05, 4.69) is 175 Å². The van der Waals surface area contributed by atoms with E-state index in [9.17, 15) is 0 Å². The van der Waals surface area contributed by atoms with Crippen molar-refractivity contribution in [2.75, 3.05) is 0 Å². The smallest absolute Gasteiger partial charge is 0.114 e. The van der Waals surface area contributed by atoms with Crippen LogP contribution in [0.4, 0.5) is 0 Å². The van der Waals surface area contributed by atoms with E-state index in [0.717, 1.165) is 35.4 Å². The van der Waals surface area contributed by atoms with Crippen molar-refractivity contribution in [1.82, 2.24) is 9.55 Å². The molecule has 0 aliphatic heterocycles. The summed E-state index contributed by atoms with van der Waals surface area (Å²) in [6.45, 7) is 2.22. The number of aryl methyl sites for hydroxylation is 1. The third kappa shape index (κ3) is 3.80. The Morgan fingerprint density at radius 1 is 0.529 bits per heavy atom. The zero-order valence-corrected chi connectivity index (χ0v) is 28.4. The van der Waals surface area contributed by atoms with Crippen LogP contribution in [0.3, 0.4) is 0 Å². The van der Waals surface area contributed by atoms with Gasteiger partial charge in [-0.2, -0.15) is 0 Å². The van der Waals surface area contributed by atoms with Gasteiger partial charge in [0.1, 0.15) is 5.82 Å². The molecule has 2 nitrogen and oxygen atoms in total. The van der Waals surface area contributed by atoms with Gasteiger partial charge >= 0.3 is 0 Å². The normalized spacial score (nSPS) is 13.5. The van der Waals surface area contributed by atoms with Gasteiger partial charge in [-0.3, -0.25) is 4.57 Å². The molecule has 1 heterocycles. The van der Waals surface area contributed by atoms with E-state index >= 15 is 0 Å². The van der Waals surface area contributed by atoms with Gasteiger partial charge in [-0.05, 0) is 114 Å². The first-order chi connectivity index (χ1) is 25.3. The Kier molecular flexibility index (Phi) is 5.95. The molecule has 0 N–H and O–H groups in total. The minimum atomic E-state index is -0.395. The van der Waals surface area contributed by atoms with Crippen LogP contribution in [0, 0.1) is 0 Å². The van der Waals surface area contributed by atoms with Crippen LogP contribution in [0.1, 0.15) is 41.4 Å². The summed E-state index contributed by atoms with van der Waals surface area (Å²) in [5.74, 6) is 1.11.